The predicted molar refractivity (Wildman–Crippen MR) is 83.5 cm³/mol. The number of aliphatic carboxylic acids is 1. The zero-order chi connectivity index (χ0) is 19.1. The summed E-state index contributed by atoms with van der Waals surface area (Å²) in [7, 11) is 0. The van der Waals surface area contributed by atoms with E-state index in [0.717, 1.165) is 4.90 Å². The summed E-state index contributed by atoms with van der Waals surface area (Å²) in [6.45, 7) is 0.851. The highest BCUT2D eigenvalue weighted by atomic mass is 16.7. The Balaban J connectivity index is 1.95. The van der Waals surface area contributed by atoms with Gasteiger partial charge in [-0.2, -0.15) is 5.06 Å². The van der Waals surface area contributed by atoms with E-state index >= 15 is 0 Å². The van der Waals surface area contributed by atoms with Gasteiger partial charge in [-0.3, -0.25) is 24.1 Å². The van der Waals surface area contributed by atoms with Crippen LogP contribution in [0.1, 0.15) is 19.8 Å². The molecule has 2 heterocycles. The van der Waals surface area contributed by atoms with Crippen molar-refractivity contribution >= 4 is 29.4 Å². The van der Waals surface area contributed by atoms with Crippen LogP contribution in [0.3, 0.4) is 0 Å². The van der Waals surface area contributed by atoms with Crippen LogP contribution >= 0.6 is 0 Å². The molecule has 0 spiro atoms. The van der Waals surface area contributed by atoms with Crippen LogP contribution in [0.15, 0.2) is 24.3 Å². The third-order valence-electron chi connectivity index (χ3n) is 4.25. The van der Waals surface area contributed by atoms with Crippen LogP contribution in [0.25, 0.3) is 0 Å². The Kier molecular flexibility index (Phi) is 4.28. The average molecular weight is 364 g/mol. The molecule has 2 fully saturated rings. The van der Waals surface area contributed by atoms with Crippen LogP contribution in [0.2, 0.25) is 0 Å². The first-order chi connectivity index (χ1) is 12.3. The minimum Gasteiger partial charge on any atom is -0.506 e. The molecule has 10 nitrogen and oxygen atoms in total. The second-order valence-corrected chi connectivity index (χ2v) is 5.89. The highest BCUT2D eigenvalue weighted by Crippen LogP contribution is 2.37. The first-order valence-corrected chi connectivity index (χ1v) is 7.78. The second-order valence-electron chi connectivity index (χ2n) is 5.89. The molecular weight excluding hydrogens is 348 g/mol. The van der Waals surface area contributed by atoms with E-state index in [4.69, 9.17) is 9.57 Å². The molecule has 2 saturated heterocycles. The smallest absolute Gasteiger partial charge is 0.372 e. The third-order valence-corrected chi connectivity index (χ3v) is 4.25. The second kappa shape index (κ2) is 6.30. The number of phenolic OH excluding ortho intramolecular Hbond substituents is 1. The van der Waals surface area contributed by atoms with E-state index in [9.17, 15) is 29.4 Å². The van der Waals surface area contributed by atoms with Crippen LogP contribution in [0.4, 0.5) is 5.69 Å². The Bertz CT molecular complexity index is 794. The molecule has 1 unspecified atom stereocenters. The number of carboxylic acid groups (broad SMARTS) is 1. The fourth-order valence-corrected chi connectivity index (χ4v) is 3.05. The van der Waals surface area contributed by atoms with Gasteiger partial charge in [0.25, 0.3) is 5.91 Å². The van der Waals surface area contributed by atoms with E-state index in [-0.39, 0.29) is 30.9 Å². The molecule has 0 saturated carbocycles. The van der Waals surface area contributed by atoms with Crippen molar-refractivity contribution in [1.29, 1.82) is 0 Å². The quantitative estimate of drug-likeness (QED) is 0.714. The molecule has 0 bridgehead atoms. The number of ether oxygens (including phenoxy) is 1. The lowest BCUT2D eigenvalue weighted by molar-refractivity contribution is -0.256. The minimum atomic E-state index is -2.26. The molecule has 26 heavy (non-hydrogen) atoms. The molecule has 0 radical (unpaired) electrons. The fourth-order valence-electron chi connectivity index (χ4n) is 3.05. The number of aromatic hydroxyl groups is 1. The van der Waals surface area contributed by atoms with E-state index in [1.165, 1.54) is 19.1 Å². The van der Waals surface area contributed by atoms with Gasteiger partial charge in [-0.1, -0.05) is 12.1 Å². The van der Waals surface area contributed by atoms with Crippen molar-refractivity contribution in [1.82, 2.24) is 5.06 Å². The number of cyclic esters (lactones) is 1. The standard InChI is InChI=1S/C16H16N2O8/c1-9(19)17(10-4-2-3-5-12(10)20)11-8-25-18(14(11)22)16(15(23)24)7-6-13(21)26-16/h2-5,11,20H,6-8H2,1H3,(H,23,24)/t11-,16?/m0/s1. The molecule has 1 aromatic carbocycles. The van der Waals surface area contributed by atoms with Crippen molar-refractivity contribution in [2.45, 2.75) is 31.5 Å². The number of phenols is 1. The van der Waals surface area contributed by atoms with Gasteiger partial charge in [0.2, 0.25) is 5.91 Å². The number of rotatable bonds is 4. The van der Waals surface area contributed by atoms with Crippen molar-refractivity contribution < 1.29 is 39.0 Å². The SMILES string of the molecule is CC(=O)N(c1ccccc1O)[C@H]1CON(C2(C(=O)O)CCC(=O)O2)C1=O. The predicted octanol–water partition coefficient (Wildman–Crippen LogP) is 0.00540. The number of nitrogens with zero attached hydrogens (tertiary/aromatic N) is 2. The topological polar surface area (TPSA) is 134 Å². The van der Waals surface area contributed by atoms with Crippen LogP contribution in [0, 0.1) is 0 Å². The largest absolute Gasteiger partial charge is 0.506 e. The van der Waals surface area contributed by atoms with Crippen molar-refractivity contribution in [2.24, 2.45) is 0 Å². The Labute approximate surface area is 147 Å². The maximum absolute atomic E-state index is 12.8. The summed E-state index contributed by atoms with van der Waals surface area (Å²) < 4.78 is 4.87. The number of para-hydroxylation sites is 2. The van der Waals surface area contributed by atoms with Crippen LogP contribution in [0.5, 0.6) is 5.75 Å². The van der Waals surface area contributed by atoms with Gasteiger partial charge < -0.3 is 14.9 Å². The monoisotopic (exact) mass is 364 g/mol. The first-order valence-electron chi connectivity index (χ1n) is 7.78. The molecule has 2 N–H and O–H groups in total. The van der Waals surface area contributed by atoms with Crippen molar-refractivity contribution in [3.8, 4) is 5.75 Å². The number of anilines is 1. The first kappa shape index (κ1) is 17.7. The van der Waals surface area contributed by atoms with E-state index < -0.39 is 35.5 Å². The highest BCUT2D eigenvalue weighted by Gasteiger charge is 2.60. The Hall–Kier alpha value is -3.14. The van der Waals surface area contributed by atoms with Crippen LogP contribution in [-0.2, 0) is 28.8 Å². The average Bonchev–Trinajstić information content (AvgIpc) is 3.14. The summed E-state index contributed by atoms with van der Waals surface area (Å²) in [5.74, 6) is -3.96. The summed E-state index contributed by atoms with van der Waals surface area (Å²) in [6.07, 6.45) is -0.448. The molecule has 138 valence electrons. The number of hydrogen-bond donors (Lipinski definition) is 2. The maximum atomic E-state index is 12.8. The molecule has 2 aliphatic heterocycles. The molecule has 2 amide bonds. The number of amides is 2. The van der Waals surface area contributed by atoms with Crippen molar-refractivity contribution in [3.05, 3.63) is 24.3 Å². The summed E-state index contributed by atoms with van der Waals surface area (Å²) in [5, 5.41) is 20.0. The lowest BCUT2D eigenvalue weighted by Crippen LogP contribution is -2.57. The number of esters is 1. The molecule has 10 heteroatoms. The summed E-state index contributed by atoms with van der Waals surface area (Å²) >= 11 is 0. The van der Waals surface area contributed by atoms with Crippen LogP contribution in [-0.4, -0.2) is 57.4 Å². The van der Waals surface area contributed by atoms with Crippen molar-refractivity contribution in [3.63, 3.8) is 0 Å². The zero-order valence-corrected chi connectivity index (χ0v) is 13.7. The Morgan fingerprint density at radius 3 is 2.54 bits per heavy atom. The fraction of sp³-hybridized carbons (Fsp3) is 0.375. The lowest BCUT2D eigenvalue weighted by Gasteiger charge is -2.31. The number of carbonyl (C=O) groups is 4. The van der Waals surface area contributed by atoms with Gasteiger partial charge in [0.15, 0.2) is 0 Å². The van der Waals surface area contributed by atoms with Gasteiger partial charge in [-0.05, 0) is 12.1 Å². The number of carboxylic acids is 1. The van der Waals surface area contributed by atoms with Gasteiger partial charge in [-0.25, -0.2) is 4.79 Å². The molecule has 0 aromatic heterocycles. The van der Waals surface area contributed by atoms with E-state index in [0.29, 0.717) is 5.06 Å². The van der Waals surface area contributed by atoms with Crippen LogP contribution < -0.4 is 4.90 Å². The number of hydrogen-bond acceptors (Lipinski definition) is 7. The number of hydroxylamine groups is 2. The Morgan fingerprint density at radius 1 is 1.31 bits per heavy atom. The molecular formula is C16H16N2O8. The lowest BCUT2D eigenvalue weighted by atomic mass is 10.1. The van der Waals surface area contributed by atoms with Gasteiger partial charge in [0, 0.05) is 13.3 Å². The maximum Gasteiger partial charge on any atom is 0.372 e. The number of benzene rings is 1. The molecule has 2 atom stereocenters. The number of carbonyl (C=O) groups excluding carboxylic acids is 3. The zero-order valence-electron chi connectivity index (χ0n) is 13.7. The summed E-state index contributed by atoms with van der Waals surface area (Å²) in [4.78, 5) is 54.3. The minimum absolute atomic E-state index is 0.0802. The molecule has 0 aliphatic carbocycles. The Morgan fingerprint density at radius 2 is 2.00 bits per heavy atom. The molecule has 1 aromatic rings. The normalized spacial score (nSPS) is 25.3. The van der Waals surface area contributed by atoms with Gasteiger partial charge >= 0.3 is 17.7 Å². The van der Waals surface area contributed by atoms with Gasteiger partial charge in [-0.15, -0.1) is 0 Å². The molecule has 3 rings (SSSR count). The third kappa shape index (κ3) is 2.64. The van der Waals surface area contributed by atoms with E-state index in [1.54, 1.807) is 12.1 Å². The van der Waals surface area contributed by atoms with Crippen molar-refractivity contribution in [2.75, 3.05) is 11.5 Å². The summed E-state index contributed by atoms with van der Waals surface area (Å²) in [6, 6.07) is 4.70. The van der Waals surface area contributed by atoms with Gasteiger partial charge in [0.05, 0.1) is 12.1 Å². The van der Waals surface area contributed by atoms with E-state index in [1.807, 2.05) is 0 Å². The highest BCUT2D eigenvalue weighted by molar-refractivity contribution is 6.02. The molecule has 2 aliphatic rings. The van der Waals surface area contributed by atoms with Gasteiger partial charge in [0.1, 0.15) is 18.4 Å². The van der Waals surface area contributed by atoms with E-state index in [2.05, 4.69) is 0 Å². The summed E-state index contributed by atoms with van der Waals surface area (Å²) in [5.41, 5.74) is -2.18.